The molecule has 2 rings (SSSR count). The first-order valence-electron chi connectivity index (χ1n) is 8.40. The minimum absolute atomic E-state index is 0.840. The number of nitrogens with one attached hydrogen (secondary N) is 2. The van der Waals surface area contributed by atoms with Crippen molar-refractivity contribution in [2.24, 2.45) is 4.99 Å². The Morgan fingerprint density at radius 2 is 1.96 bits per heavy atom. The maximum atomic E-state index is 4.63. The van der Waals surface area contributed by atoms with Gasteiger partial charge in [-0.05, 0) is 38.8 Å². The zero-order valence-electron chi connectivity index (χ0n) is 14.2. The molecule has 0 aliphatic rings. The number of unbranched alkanes of at least 4 members (excludes halogenated alkanes) is 1. The van der Waals surface area contributed by atoms with Crippen LogP contribution in [-0.2, 0) is 13.1 Å². The summed E-state index contributed by atoms with van der Waals surface area (Å²) in [7, 11) is 0. The second-order valence-electron chi connectivity index (χ2n) is 5.48. The zero-order valence-corrected chi connectivity index (χ0v) is 14.2. The third kappa shape index (κ3) is 6.18. The van der Waals surface area contributed by atoms with E-state index < -0.39 is 0 Å². The molecule has 0 spiro atoms. The predicted octanol–water partition coefficient (Wildman–Crippen LogP) is 2.03. The number of hydrogen-bond donors (Lipinski definition) is 2. The summed E-state index contributed by atoms with van der Waals surface area (Å²) in [6, 6.07) is 4.09. The van der Waals surface area contributed by atoms with Crippen LogP contribution in [0.15, 0.2) is 41.9 Å². The van der Waals surface area contributed by atoms with Crippen LogP contribution in [-0.4, -0.2) is 39.7 Å². The van der Waals surface area contributed by atoms with Crippen LogP contribution in [0.4, 0.5) is 0 Å². The molecule has 23 heavy (non-hydrogen) atoms. The first kappa shape index (κ1) is 17.1. The first-order chi connectivity index (χ1) is 11.3. The van der Waals surface area contributed by atoms with E-state index >= 15 is 0 Å². The predicted molar refractivity (Wildman–Crippen MR) is 94.6 cm³/mol. The molecular formula is C17H28N6. The van der Waals surface area contributed by atoms with E-state index in [1.807, 2.05) is 31.5 Å². The number of nitrogens with zero attached hydrogens (tertiary/aromatic N) is 4. The Kier molecular flexibility index (Phi) is 7.23. The minimum atomic E-state index is 0.840. The molecule has 0 aliphatic carbocycles. The van der Waals surface area contributed by atoms with Crippen LogP contribution in [0.25, 0.3) is 0 Å². The Morgan fingerprint density at radius 1 is 1.13 bits per heavy atom. The fourth-order valence-corrected chi connectivity index (χ4v) is 2.39. The molecule has 0 bridgehead atoms. The summed E-state index contributed by atoms with van der Waals surface area (Å²) in [5.41, 5.74) is 0. The number of guanidine groups is 1. The van der Waals surface area contributed by atoms with Gasteiger partial charge in [-0.25, -0.2) is 4.98 Å². The van der Waals surface area contributed by atoms with Crippen molar-refractivity contribution < 1.29 is 0 Å². The van der Waals surface area contributed by atoms with Crippen LogP contribution in [0, 0.1) is 6.92 Å². The minimum Gasteiger partial charge on any atom is -0.357 e. The highest BCUT2D eigenvalue weighted by Crippen LogP contribution is 2.00. The summed E-state index contributed by atoms with van der Waals surface area (Å²) in [5, 5.41) is 6.67. The van der Waals surface area contributed by atoms with Gasteiger partial charge in [0.2, 0.25) is 0 Å². The summed E-state index contributed by atoms with van der Waals surface area (Å²) < 4.78 is 4.34. The van der Waals surface area contributed by atoms with Crippen LogP contribution < -0.4 is 10.6 Å². The first-order valence-corrected chi connectivity index (χ1v) is 8.40. The lowest BCUT2D eigenvalue weighted by Gasteiger charge is -2.11. The van der Waals surface area contributed by atoms with E-state index in [4.69, 9.17) is 0 Å². The second-order valence-corrected chi connectivity index (χ2v) is 5.48. The molecule has 0 aliphatic heterocycles. The highest BCUT2D eigenvalue weighted by Gasteiger charge is 1.98. The maximum Gasteiger partial charge on any atom is 0.191 e. The largest absolute Gasteiger partial charge is 0.357 e. The topological polar surface area (TPSA) is 59.2 Å². The Balaban J connectivity index is 1.65. The lowest BCUT2D eigenvalue weighted by atomic mass is 10.3. The normalized spacial score (nSPS) is 11.7. The molecule has 0 unspecified atom stereocenters. The van der Waals surface area contributed by atoms with Gasteiger partial charge in [-0.1, -0.05) is 0 Å². The fraction of sp³-hybridized carbons (Fsp3) is 0.529. The van der Waals surface area contributed by atoms with Crippen molar-refractivity contribution >= 4 is 5.96 Å². The van der Waals surface area contributed by atoms with Crippen molar-refractivity contribution in [3.8, 4) is 0 Å². The van der Waals surface area contributed by atoms with Gasteiger partial charge in [-0.15, -0.1) is 0 Å². The van der Waals surface area contributed by atoms with E-state index in [0.29, 0.717) is 0 Å². The highest BCUT2D eigenvalue weighted by atomic mass is 15.2. The molecule has 0 atom stereocenters. The van der Waals surface area contributed by atoms with Gasteiger partial charge in [0.15, 0.2) is 5.96 Å². The molecule has 126 valence electrons. The molecule has 0 saturated carbocycles. The molecule has 2 aromatic rings. The lowest BCUT2D eigenvalue weighted by Crippen LogP contribution is -2.38. The molecular weight excluding hydrogens is 288 g/mol. The molecule has 2 heterocycles. The summed E-state index contributed by atoms with van der Waals surface area (Å²) in [6.07, 6.45) is 10.2. The van der Waals surface area contributed by atoms with Crippen LogP contribution in [0.1, 0.15) is 25.6 Å². The van der Waals surface area contributed by atoms with Crippen molar-refractivity contribution in [3.63, 3.8) is 0 Å². The van der Waals surface area contributed by atoms with Crippen LogP contribution >= 0.6 is 0 Å². The Hall–Kier alpha value is -2.24. The van der Waals surface area contributed by atoms with E-state index in [-0.39, 0.29) is 0 Å². The number of aromatic nitrogens is 3. The smallest absolute Gasteiger partial charge is 0.191 e. The molecule has 0 amide bonds. The van der Waals surface area contributed by atoms with E-state index in [2.05, 4.69) is 49.1 Å². The van der Waals surface area contributed by atoms with Crippen LogP contribution in [0.2, 0.25) is 0 Å². The number of imidazole rings is 1. The van der Waals surface area contributed by atoms with Gasteiger partial charge in [-0.2, -0.15) is 0 Å². The van der Waals surface area contributed by atoms with E-state index in [0.717, 1.165) is 57.3 Å². The second kappa shape index (κ2) is 9.71. The van der Waals surface area contributed by atoms with Crippen molar-refractivity contribution in [3.05, 3.63) is 42.7 Å². The van der Waals surface area contributed by atoms with Gasteiger partial charge in [0.05, 0.1) is 0 Å². The van der Waals surface area contributed by atoms with Gasteiger partial charge < -0.3 is 19.8 Å². The van der Waals surface area contributed by atoms with Gasteiger partial charge >= 0.3 is 0 Å². The summed E-state index contributed by atoms with van der Waals surface area (Å²) >= 11 is 0. The molecule has 2 N–H and O–H groups in total. The standard InChI is InChI=1S/C17H28N6/c1-3-18-17(21-9-14-22-11-6-7-12-22)20-8-4-5-13-23-15-10-19-16(23)2/h6-7,10-12,15H,3-5,8-9,13-14H2,1-2H3,(H2,18,20,21). The summed E-state index contributed by atoms with van der Waals surface area (Å²) in [4.78, 5) is 8.87. The number of aryl methyl sites for hydroxylation is 2. The number of aliphatic imine (C=N–C) groups is 1. The molecule has 6 nitrogen and oxygen atoms in total. The third-order valence-electron chi connectivity index (χ3n) is 3.67. The SMILES string of the molecule is CCNC(=NCCCCn1ccnc1C)NCCn1cccc1. The Labute approximate surface area is 138 Å². The fourth-order valence-electron chi connectivity index (χ4n) is 2.39. The van der Waals surface area contributed by atoms with Gasteiger partial charge in [-0.3, -0.25) is 4.99 Å². The van der Waals surface area contributed by atoms with Gasteiger partial charge in [0.1, 0.15) is 5.82 Å². The van der Waals surface area contributed by atoms with Gasteiger partial charge in [0.25, 0.3) is 0 Å². The lowest BCUT2D eigenvalue weighted by molar-refractivity contribution is 0.599. The molecule has 6 heteroatoms. The average Bonchev–Trinajstić information content (AvgIpc) is 3.19. The van der Waals surface area contributed by atoms with Crippen molar-refractivity contribution in [1.29, 1.82) is 0 Å². The quantitative estimate of drug-likeness (QED) is 0.423. The highest BCUT2D eigenvalue weighted by molar-refractivity contribution is 5.79. The molecule has 0 saturated heterocycles. The monoisotopic (exact) mass is 316 g/mol. The van der Waals surface area contributed by atoms with Gasteiger partial charge in [0, 0.05) is 57.5 Å². The third-order valence-corrected chi connectivity index (χ3v) is 3.67. The van der Waals surface area contributed by atoms with E-state index in [1.54, 1.807) is 0 Å². The Morgan fingerprint density at radius 3 is 2.65 bits per heavy atom. The summed E-state index contributed by atoms with van der Waals surface area (Å²) in [6.45, 7) is 8.67. The van der Waals surface area contributed by atoms with Crippen LogP contribution in [0.5, 0.6) is 0 Å². The van der Waals surface area contributed by atoms with E-state index in [9.17, 15) is 0 Å². The Bertz CT molecular complexity index is 570. The molecule has 0 aromatic carbocycles. The average molecular weight is 316 g/mol. The molecule has 0 fully saturated rings. The maximum absolute atomic E-state index is 4.63. The molecule has 2 aromatic heterocycles. The van der Waals surface area contributed by atoms with Crippen molar-refractivity contribution in [2.75, 3.05) is 19.6 Å². The number of rotatable bonds is 9. The molecule has 0 radical (unpaired) electrons. The van der Waals surface area contributed by atoms with Crippen molar-refractivity contribution in [1.82, 2.24) is 24.8 Å². The number of hydrogen-bond acceptors (Lipinski definition) is 2. The van der Waals surface area contributed by atoms with Crippen molar-refractivity contribution in [2.45, 2.75) is 39.8 Å². The summed E-state index contributed by atoms with van der Waals surface area (Å²) in [5.74, 6) is 1.98. The zero-order chi connectivity index (χ0) is 16.3. The van der Waals surface area contributed by atoms with E-state index in [1.165, 1.54) is 0 Å². The van der Waals surface area contributed by atoms with Crippen LogP contribution in [0.3, 0.4) is 0 Å².